The van der Waals surface area contributed by atoms with Gasteiger partial charge in [-0.15, -0.1) is 0 Å². The molecule has 1 rings (SSSR count). The van der Waals surface area contributed by atoms with Crippen molar-refractivity contribution in [3.8, 4) is 0 Å². The van der Waals surface area contributed by atoms with Crippen LogP contribution in [0.3, 0.4) is 0 Å². The molecule has 0 radical (unpaired) electrons. The third-order valence-corrected chi connectivity index (χ3v) is 3.97. The fourth-order valence-electron chi connectivity index (χ4n) is 2.20. The first kappa shape index (κ1) is 12.3. The maximum atomic E-state index is 5.23. The van der Waals surface area contributed by atoms with Crippen LogP contribution >= 0.6 is 23.0 Å². The van der Waals surface area contributed by atoms with Crippen LogP contribution in [0.1, 0.15) is 52.4 Å². The van der Waals surface area contributed by atoms with E-state index in [2.05, 4.69) is 19.9 Å². The number of halogens is 1. The van der Waals surface area contributed by atoms with E-state index < -0.39 is 0 Å². The molecular formula is C12H21IO. The summed E-state index contributed by atoms with van der Waals surface area (Å²) in [5.74, 6) is 3.00. The minimum absolute atomic E-state index is 0.861. The second-order valence-electron chi connectivity index (χ2n) is 4.31. The van der Waals surface area contributed by atoms with Gasteiger partial charge in [0.05, 0.1) is 0 Å². The smallest absolute Gasteiger partial charge is 0.192 e. The van der Waals surface area contributed by atoms with Gasteiger partial charge in [0, 0.05) is 6.42 Å². The average molecular weight is 308 g/mol. The number of rotatable bonds is 6. The van der Waals surface area contributed by atoms with Crippen LogP contribution in [0.25, 0.3) is 0 Å². The summed E-state index contributed by atoms with van der Waals surface area (Å²) in [4.78, 5) is 0. The Morgan fingerprint density at radius 2 is 2.21 bits per heavy atom. The Labute approximate surface area is 102 Å². The average Bonchev–Trinajstić information content (AvgIpc) is 2.67. The molecule has 0 N–H and O–H groups in total. The van der Waals surface area contributed by atoms with E-state index in [0.29, 0.717) is 0 Å². The highest BCUT2D eigenvalue weighted by molar-refractivity contribution is 14.1. The van der Waals surface area contributed by atoms with E-state index in [0.717, 1.165) is 11.8 Å². The van der Waals surface area contributed by atoms with Crippen molar-refractivity contribution in [2.24, 2.45) is 11.8 Å². The van der Waals surface area contributed by atoms with Crippen molar-refractivity contribution in [2.75, 3.05) is 0 Å². The molecule has 0 aromatic rings. The molecule has 1 unspecified atom stereocenters. The number of hydrogen-bond acceptors (Lipinski definition) is 1. The lowest BCUT2D eigenvalue weighted by molar-refractivity contribution is 0.373. The van der Waals surface area contributed by atoms with Crippen molar-refractivity contribution in [1.29, 1.82) is 0 Å². The first-order valence-corrected chi connectivity index (χ1v) is 6.65. The molecule has 0 aromatic heterocycles. The Kier molecular flexibility index (Phi) is 5.90. The summed E-state index contributed by atoms with van der Waals surface area (Å²) in [6, 6.07) is 0. The molecule has 0 saturated carbocycles. The molecule has 0 bridgehead atoms. The van der Waals surface area contributed by atoms with Gasteiger partial charge in [-0.05, 0) is 30.8 Å². The van der Waals surface area contributed by atoms with E-state index in [1.807, 2.05) is 23.0 Å². The number of allylic oxidation sites excluding steroid dienone is 2. The van der Waals surface area contributed by atoms with Gasteiger partial charge in [-0.25, -0.2) is 0 Å². The van der Waals surface area contributed by atoms with Gasteiger partial charge in [0.2, 0.25) is 0 Å². The third-order valence-electron chi connectivity index (χ3n) is 3.41. The summed E-state index contributed by atoms with van der Waals surface area (Å²) in [6.45, 7) is 4.61. The molecule has 0 aromatic carbocycles. The molecule has 0 heterocycles. The molecule has 1 aliphatic rings. The lowest BCUT2D eigenvalue weighted by Gasteiger charge is -2.15. The van der Waals surface area contributed by atoms with Gasteiger partial charge in [0.1, 0.15) is 5.76 Å². The molecule has 14 heavy (non-hydrogen) atoms. The largest absolute Gasteiger partial charge is 0.433 e. The van der Waals surface area contributed by atoms with Gasteiger partial charge in [-0.1, -0.05) is 33.1 Å². The molecular weight excluding hydrogens is 287 g/mol. The molecule has 0 aliphatic heterocycles. The Balaban J connectivity index is 2.15. The third kappa shape index (κ3) is 3.79. The van der Waals surface area contributed by atoms with Crippen LogP contribution in [-0.2, 0) is 3.07 Å². The molecule has 1 nitrogen and oxygen atoms in total. The monoisotopic (exact) mass is 308 g/mol. The quantitative estimate of drug-likeness (QED) is 0.637. The Morgan fingerprint density at radius 3 is 2.71 bits per heavy atom. The zero-order chi connectivity index (χ0) is 10.4. The van der Waals surface area contributed by atoms with Gasteiger partial charge >= 0.3 is 0 Å². The summed E-state index contributed by atoms with van der Waals surface area (Å²) < 4.78 is 5.23. The van der Waals surface area contributed by atoms with E-state index in [1.165, 1.54) is 44.3 Å². The maximum absolute atomic E-state index is 5.23. The first-order valence-electron chi connectivity index (χ1n) is 5.77. The summed E-state index contributed by atoms with van der Waals surface area (Å²) in [6.07, 6.45) is 10.1. The van der Waals surface area contributed by atoms with Crippen molar-refractivity contribution >= 4 is 23.0 Å². The Bertz CT molecular complexity index is 185. The predicted octanol–water partition coefficient (Wildman–Crippen LogP) is 4.86. The normalized spacial score (nSPS) is 21.4. The van der Waals surface area contributed by atoms with Crippen LogP contribution in [0, 0.1) is 11.8 Å². The highest BCUT2D eigenvalue weighted by atomic mass is 127. The molecule has 0 saturated heterocycles. The zero-order valence-corrected chi connectivity index (χ0v) is 11.4. The van der Waals surface area contributed by atoms with Crippen LogP contribution in [0.4, 0.5) is 0 Å². The fourth-order valence-corrected chi connectivity index (χ4v) is 2.56. The van der Waals surface area contributed by atoms with Crippen molar-refractivity contribution in [1.82, 2.24) is 0 Å². The van der Waals surface area contributed by atoms with Gasteiger partial charge in [0.25, 0.3) is 0 Å². The van der Waals surface area contributed by atoms with Crippen molar-refractivity contribution < 1.29 is 3.07 Å². The second-order valence-corrected chi connectivity index (χ2v) is 4.75. The van der Waals surface area contributed by atoms with Crippen molar-refractivity contribution in [3.63, 3.8) is 0 Å². The molecule has 82 valence electrons. The van der Waals surface area contributed by atoms with Crippen molar-refractivity contribution in [2.45, 2.75) is 52.4 Å². The first-order chi connectivity index (χ1) is 6.80. The number of hydrogen-bond donors (Lipinski definition) is 0. The predicted molar refractivity (Wildman–Crippen MR) is 69.2 cm³/mol. The highest BCUT2D eigenvalue weighted by Gasteiger charge is 2.18. The molecule has 0 fully saturated rings. The summed E-state index contributed by atoms with van der Waals surface area (Å²) in [5, 5.41) is 0. The van der Waals surface area contributed by atoms with E-state index >= 15 is 0 Å². The van der Waals surface area contributed by atoms with E-state index in [1.54, 1.807) is 0 Å². The summed E-state index contributed by atoms with van der Waals surface area (Å²) in [7, 11) is 0. The fraction of sp³-hybridized carbons (Fsp3) is 0.833. The Hall–Kier alpha value is 0.270. The van der Waals surface area contributed by atoms with Crippen LogP contribution < -0.4 is 0 Å². The van der Waals surface area contributed by atoms with Crippen molar-refractivity contribution in [3.05, 3.63) is 11.8 Å². The van der Waals surface area contributed by atoms with Crippen LogP contribution in [0.5, 0.6) is 0 Å². The van der Waals surface area contributed by atoms with Crippen LogP contribution in [-0.4, -0.2) is 0 Å². The van der Waals surface area contributed by atoms with Gasteiger partial charge in [-0.2, -0.15) is 0 Å². The van der Waals surface area contributed by atoms with E-state index in [-0.39, 0.29) is 0 Å². The van der Waals surface area contributed by atoms with Gasteiger partial charge < -0.3 is 3.07 Å². The van der Waals surface area contributed by atoms with Crippen LogP contribution in [0.15, 0.2) is 11.8 Å². The highest BCUT2D eigenvalue weighted by Crippen LogP contribution is 2.32. The van der Waals surface area contributed by atoms with Gasteiger partial charge in [-0.3, -0.25) is 0 Å². The molecule has 0 spiro atoms. The molecule has 1 aliphatic carbocycles. The summed E-state index contributed by atoms with van der Waals surface area (Å²) >= 11 is 1.99. The van der Waals surface area contributed by atoms with Gasteiger partial charge in [0.15, 0.2) is 23.0 Å². The minimum atomic E-state index is 0.861. The zero-order valence-electron chi connectivity index (χ0n) is 9.26. The van der Waals surface area contributed by atoms with E-state index in [9.17, 15) is 0 Å². The topological polar surface area (TPSA) is 9.23 Å². The van der Waals surface area contributed by atoms with Crippen LogP contribution in [0.2, 0.25) is 0 Å². The van der Waals surface area contributed by atoms with E-state index in [4.69, 9.17) is 3.07 Å². The molecule has 2 heteroatoms. The molecule has 1 atom stereocenters. The Morgan fingerprint density at radius 1 is 1.50 bits per heavy atom. The summed E-state index contributed by atoms with van der Waals surface area (Å²) in [5.41, 5.74) is 0. The lowest BCUT2D eigenvalue weighted by atomic mass is 9.91. The maximum Gasteiger partial charge on any atom is 0.192 e. The lowest BCUT2D eigenvalue weighted by Crippen LogP contribution is -2.02. The molecule has 0 amide bonds. The second kappa shape index (κ2) is 6.70. The minimum Gasteiger partial charge on any atom is -0.433 e. The SMILES string of the molecule is CCC(CC)CCC1CC=C(OI)C1. The standard InChI is InChI=1S/C12H21IO/c1-3-10(4-2)5-6-11-7-8-12(9-11)14-13/h8,10-11H,3-7,9H2,1-2H3.